The fraction of sp³-hybridized carbons (Fsp3) is 0.333. The van der Waals surface area contributed by atoms with Crippen LogP contribution in [0.5, 0.6) is 0 Å². The molecule has 1 aromatic heterocycles. The van der Waals surface area contributed by atoms with Crippen molar-refractivity contribution in [1.29, 1.82) is 0 Å². The molecule has 1 heterocycles. The minimum atomic E-state index is 0.358. The van der Waals surface area contributed by atoms with E-state index in [0.717, 1.165) is 5.76 Å². The van der Waals surface area contributed by atoms with Gasteiger partial charge in [-0.2, -0.15) is 0 Å². The molecule has 1 rings (SSSR count). The number of rotatable bonds is 3. The van der Waals surface area contributed by atoms with Crippen LogP contribution in [0.3, 0.4) is 0 Å². The van der Waals surface area contributed by atoms with Gasteiger partial charge in [-0.25, -0.2) is 4.98 Å². The van der Waals surface area contributed by atoms with Crippen molar-refractivity contribution in [3.63, 3.8) is 0 Å². The van der Waals surface area contributed by atoms with Gasteiger partial charge in [0.05, 0.1) is 12.7 Å². The van der Waals surface area contributed by atoms with E-state index in [4.69, 9.17) is 4.42 Å². The summed E-state index contributed by atoms with van der Waals surface area (Å²) in [4.78, 5) is 13.7. The molecule has 0 unspecified atom stereocenters. The van der Waals surface area contributed by atoms with E-state index in [1.807, 2.05) is 0 Å². The van der Waals surface area contributed by atoms with Crippen LogP contribution in [0, 0.1) is 6.92 Å². The van der Waals surface area contributed by atoms with Crippen molar-refractivity contribution in [1.82, 2.24) is 10.3 Å². The molecule has 1 amide bonds. The number of aromatic nitrogens is 1. The lowest BCUT2D eigenvalue weighted by Gasteiger charge is -1.89. The second-order valence-corrected chi connectivity index (χ2v) is 1.86. The van der Waals surface area contributed by atoms with E-state index in [1.54, 1.807) is 13.1 Å². The normalized spacial score (nSPS) is 9.30. The van der Waals surface area contributed by atoms with Crippen LogP contribution in [0.1, 0.15) is 11.7 Å². The van der Waals surface area contributed by atoms with Crippen molar-refractivity contribution in [2.75, 3.05) is 0 Å². The predicted molar refractivity (Wildman–Crippen MR) is 34.1 cm³/mol. The molecular formula is C6H8N2O2. The highest BCUT2D eigenvalue weighted by atomic mass is 16.4. The first-order valence-corrected chi connectivity index (χ1v) is 2.91. The third-order valence-corrected chi connectivity index (χ3v) is 1.01. The number of nitrogens with zero attached hydrogens (tertiary/aromatic N) is 1. The number of carbonyl (C=O) groups is 1. The molecule has 0 fully saturated rings. The van der Waals surface area contributed by atoms with Crippen LogP contribution in [0.2, 0.25) is 0 Å². The molecule has 0 radical (unpaired) electrons. The SMILES string of the molecule is Cc1cnc(CNC=O)o1. The van der Waals surface area contributed by atoms with Crippen molar-refractivity contribution in [3.05, 3.63) is 17.8 Å². The van der Waals surface area contributed by atoms with Gasteiger partial charge in [-0.3, -0.25) is 4.79 Å². The average molecular weight is 140 g/mol. The number of carbonyl (C=O) groups excluding carboxylic acids is 1. The summed E-state index contributed by atoms with van der Waals surface area (Å²) in [5.41, 5.74) is 0. The largest absolute Gasteiger partial charge is 0.444 e. The zero-order chi connectivity index (χ0) is 7.40. The molecule has 0 bridgehead atoms. The number of hydrogen-bond donors (Lipinski definition) is 1. The molecule has 0 aromatic carbocycles. The van der Waals surface area contributed by atoms with Crippen molar-refractivity contribution >= 4 is 6.41 Å². The van der Waals surface area contributed by atoms with Crippen molar-refractivity contribution in [2.45, 2.75) is 13.5 Å². The maximum atomic E-state index is 9.80. The van der Waals surface area contributed by atoms with Crippen LogP contribution in [-0.4, -0.2) is 11.4 Å². The molecule has 1 N–H and O–H groups in total. The Morgan fingerprint density at radius 3 is 3.20 bits per heavy atom. The Hall–Kier alpha value is -1.32. The number of amides is 1. The Bertz CT molecular complexity index is 219. The zero-order valence-corrected chi connectivity index (χ0v) is 5.63. The van der Waals surface area contributed by atoms with E-state index in [9.17, 15) is 4.79 Å². The van der Waals surface area contributed by atoms with Gasteiger partial charge in [-0.05, 0) is 6.92 Å². The molecule has 0 aliphatic heterocycles. The summed E-state index contributed by atoms with van der Waals surface area (Å²) in [7, 11) is 0. The molecule has 0 aliphatic carbocycles. The molecule has 1 aromatic rings. The minimum Gasteiger partial charge on any atom is -0.444 e. The van der Waals surface area contributed by atoms with Gasteiger partial charge in [0.15, 0.2) is 0 Å². The summed E-state index contributed by atoms with van der Waals surface area (Å²) in [5, 5.41) is 2.44. The van der Waals surface area contributed by atoms with Gasteiger partial charge in [0.1, 0.15) is 5.76 Å². The van der Waals surface area contributed by atoms with Gasteiger partial charge in [0.25, 0.3) is 0 Å². The molecule has 4 heteroatoms. The fourth-order valence-electron chi connectivity index (χ4n) is 0.612. The monoisotopic (exact) mass is 140 g/mol. The molecule has 10 heavy (non-hydrogen) atoms. The van der Waals surface area contributed by atoms with Crippen LogP contribution in [0.15, 0.2) is 10.6 Å². The number of oxazole rings is 1. The van der Waals surface area contributed by atoms with Crippen LogP contribution in [0.4, 0.5) is 0 Å². The average Bonchev–Trinajstić information content (AvgIpc) is 2.31. The summed E-state index contributed by atoms with van der Waals surface area (Å²) in [6.45, 7) is 2.16. The quantitative estimate of drug-likeness (QED) is 0.611. The van der Waals surface area contributed by atoms with Crippen LogP contribution in [-0.2, 0) is 11.3 Å². The third-order valence-electron chi connectivity index (χ3n) is 1.01. The Morgan fingerprint density at radius 1 is 1.90 bits per heavy atom. The highest BCUT2D eigenvalue weighted by Gasteiger charge is 1.96. The highest BCUT2D eigenvalue weighted by molar-refractivity contribution is 5.45. The van der Waals surface area contributed by atoms with Gasteiger partial charge in [-0.15, -0.1) is 0 Å². The van der Waals surface area contributed by atoms with Gasteiger partial charge in [0.2, 0.25) is 12.3 Å². The Balaban J connectivity index is 2.49. The first kappa shape index (κ1) is 6.80. The zero-order valence-electron chi connectivity index (χ0n) is 5.63. The van der Waals surface area contributed by atoms with Crippen LogP contribution in [0.25, 0.3) is 0 Å². The summed E-state index contributed by atoms with van der Waals surface area (Å²) in [6.07, 6.45) is 2.22. The second-order valence-electron chi connectivity index (χ2n) is 1.86. The number of aryl methyl sites for hydroxylation is 1. The lowest BCUT2D eigenvalue weighted by Crippen LogP contribution is -2.09. The Labute approximate surface area is 58.3 Å². The molecule has 0 saturated heterocycles. The molecular weight excluding hydrogens is 132 g/mol. The molecule has 0 atom stereocenters. The molecule has 4 nitrogen and oxygen atoms in total. The Kier molecular flexibility index (Phi) is 2.04. The van der Waals surface area contributed by atoms with Gasteiger partial charge in [-0.1, -0.05) is 0 Å². The van der Waals surface area contributed by atoms with Crippen molar-refractivity contribution in [2.24, 2.45) is 0 Å². The molecule has 0 spiro atoms. The van der Waals surface area contributed by atoms with E-state index >= 15 is 0 Å². The molecule has 0 saturated carbocycles. The predicted octanol–water partition coefficient (Wildman–Crippen LogP) is 0.229. The van der Waals surface area contributed by atoms with E-state index < -0.39 is 0 Å². The highest BCUT2D eigenvalue weighted by Crippen LogP contribution is 1.99. The van der Waals surface area contributed by atoms with E-state index in [0.29, 0.717) is 18.8 Å². The minimum absolute atomic E-state index is 0.358. The van der Waals surface area contributed by atoms with E-state index in [-0.39, 0.29) is 0 Å². The van der Waals surface area contributed by atoms with Crippen molar-refractivity contribution < 1.29 is 9.21 Å². The maximum Gasteiger partial charge on any atom is 0.213 e. The first-order chi connectivity index (χ1) is 4.83. The number of nitrogens with one attached hydrogen (secondary N) is 1. The molecule has 0 aliphatic rings. The van der Waals surface area contributed by atoms with Crippen LogP contribution < -0.4 is 5.32 Å². The molecule has 54 valence electrons. The van der Waals surface area contributed by atoms with E-state index in [2.05, 4.69) is 10.3 Å². The first-order valence-electron chi connectivity index (χ1n) is 2.91. The smallest absolute Gasteiger partial charge is 0.213 e. The van der Waals surface area contributed by atoms with Gasteiger partial charge in [0, 0.05) is 0 Å². The van der Waals surface area contributed by atoms with Gasteiger partial charge >= 0.3 is 0 Å². The summed E-state index contributed by atoms with van der Waals surface area (Å²) in [6, 6.07) is 0. The topological polar surface area (TPSA) is 55.1 Å². The Morgan fingerprint density at radius 2 is 2.70 bits per heavy atom. The van der Waals surface area contributed by atoms with E-state index in [1.165, 1.54) is 0 Å². The van der Waals surface area contributed by atoms with Crippen LogP contribution >= 0.6 is 0 Å². The third kappa shape index (κ3) is 1.58. The second kappa shape index (κ2) is 3.00. The summed E-state index contributed by atoms with van der Waals surface area (Å²) in [5.74, 6) is 1.28. The summed E-state index contributed by atoms with van der Waals surface area (Å²) < 4.78 is 5.05. The fourth-order valence-corrected chi connectivity index (χ4v) is 0.612. The lowest BCUT2D eigenvalue weighted by molar-refractivity contribution is -0.109. The lowest BCUT2D eigenvalue weighted by atomic mass is 10.6. The summed E-state index contributed by atoms with van der Waals surface area (Å²) >= 11 is 0. The maximum absolute atomic E-state index is 9.80. The number of hydrogen-bond acceptors (Lipinski definition) is 3. The van der Waals surface area contributed by atoms with Crippen molar-refractivity contribution in [3.8, 4) is 0 Å². The standard InChI is InChI=1S/C6H8N2O2/c1-5-2-8-6(10-5)3-7-4-9/h2,4H,3H2,1H3,(H,7,9). The van der Waals surface area contributed by atoms with Gasteiger partial charge < -0.3 is 9.73 Å².